The number of aromatic nitrogens is 1. The third kappa shape index (κ3) is 2.26. The van der Waals surface area contributed by atoms with Gasteiger partial charge in [-0.25, -0.2) is 4.98 Å². The molecule has 15 heavy (non-hydrogen) atoms. The summed E-state index contributed by atoms with van der Waals surface area (Å²) in [6, 6.07) is 3.74. The Hall–Kier alpha value is -1.58. The first-order valence-electron chi connectivity index (χ1n) is 5.23. The fraction of sp³-hybridized carbons (Fsp3) is 0.455. The highest BCUT2D eigenvalue weighted by Crippen LogP contribution is 2.14. The van der Waals surface area contributed by atoms with Crippen LogP contribution in [-0.2, 0) is 4.79 Å². The topological polar surface area (TPSA) is 54.0 Å². The normalized spacial score (nSPS) is 20.9. The summed E-state index contributed by atoms with van der Waals surface area (Å²) in [7, 11) is 0. The fourth-order valence-electron chi connectivity index (χ4n) is 1.71. The molecular weight excluding hydrogens is 190 g/mol. The molecule has 0 aliphatic carbocycles. The van der Waals surface area contributed by atoms with E-state index in [-0.39, 0.29) is 11.9 Å². The number of hydrogen-bond donors (Lipinski definition) is 2. The Morgan fingerprint density at radius 3 is 3.20 bits per heavy atom. The molecule has 2 N–H and O–H groups in total. The quantitative estimate of drug-likeness (QED) is 0.759. The van der Waals surface area contributed by atoms with E-state index in [2.05, 4.69) is 15.6 Å². The minimum absolute atomic E-state index is 0.0753. The van der Waals surface area contributed by atoms with Gasteiger partial charge in [-0.15, -0.1) is 0 Å². The number of carbonyl (C=O) groups is 1. The average Bonchev–Trinajstić information content (AvgIpc) is 2.24. The lowest BCUT2D eigenvalue weighted by molar-refractivity contribution is -0.123. The second-order valence-electron chi connectivity index (χ2n) is 3.80. The lowest BCUT2D eigenvalue weighted by Crippen LogP contribution is -2.44. The number of rotatable bonds is 2. The monoisotopic (exact) mass is 205 g/mol. The Morgan fingerprint density at radius 2 is 2.47 bits per heavy atom. The molecule has 1 aliphatic rings. The molecule has 80 valence electrons. The number of hydrogen-bond acceptors (Lipinski definition) is 3. The Morgan fingerprint density at radius 1 is 1.60 bits per heavy atom. The minimum atomic E-state index is -0.132. The second kappa shape index (κ2) is 4.29. The number of nitrogens with one attached hydrogen (secondary N) is 2. The van der Waals surface area contributed by atoms with Crippen LogP contribution in [0.4, 0.5) is 5.82 Å². The zero-order chi connectivity index (χ0) is 10.7. The smallest absolute Gasteiger partial charge is 0.242 e. The summed E-state index contributed by atoms with van der Waals surface area (Å²) in [5, 5.41) is 6.02. The van der Waals surface area contributed by atoms with Crippen molar-refractivity contribution in [1.82, 2.24) is 10.3 Å². The minimum Gasteiger partial charge on any atom is -0.358 e. The zero-order valence-electron chi connectivity index (χ0n) is 8.79. The highest BCUT2D eigenvalue weighted by atomic mass is 16.2. The summed E-state index contributed by atoms with van der Waals surface area (Å²) < 4.78 is 0. The van der Waals surface area contributed by atoms with E-state index in [9.17, 15) is 4.79 Å². The fourth-order valence-corrected chi connectivity index (χ4v) is 1.71. The summed E-state index contributed by atoms with van der Waals surface area (Å²) in [4.78, 5) is 15.7. The van der Waals surface area contributed by atoms with Crippen LogP contribution >= 0.6 is 0 Å². The van der Waals surface area contributed by atoms with Gasteiger partial charge in [0.25, 0.3) is 0 Å². The highest BCUT2D eigenvalue weighted by Gasteiger charge is 2.22. The maximum Gasteiger partial charge on any atom is 0.242 e. The highest BCUT2D eigenvalue weighted by molar-refractivity contribution is 5.85. The van der Waals surface area contributed by atoms with Crippen molar-refractivity contribution < 1.29 is 4.79 Å². The molecule has 1 unspecified atom stereocenters. The predicted molar refractivity (Wildman–Crippen MR) is 58.6 cm³/mol. The molecule has 4 heteroatoms. The molecule has 0 radical (unpaired) electrons. The van der Waals surface area contributed by atoms with Crippen LogP contribution in [0.3, 0.4) is 0 Å². The van der Waals surface area contributed by atoms with Crippen molar-refractivity contribution in [2.45, 2.75) is 25.8 Å². The molecule has 1 saturated heterocycles. The van der Waals surface area contributed by atoms with Crippen molar-refractivity contribution in [3.63, 3.8) is 0 Å². The molecular formula is C11H15N3O. The van der Waals surface area contributed by atoms with Gasteiger partial charge in [0.15, 0.2) is 0 Å². The van der Waals surface area contributed by atoms with Gasteiger partial charge in [0.05, 0.1) is 0 Å². The SMILES string of the molecule is Cc1cccnc1NC1CCCNC1=O. The number of piperidine rings is 1. The molecule has 1 amide bonds. The molecule has 1 fully saturated rings. The van der Waals surface area contributed by atoms with Gasteiger partial charge in [-0.2, -0.15) is 0 Å². The Bertz CT molecular complexity index is 365. The van der Waals surface area contributed by atoms with E-state index in [1.165, 1.54) is 0 Å². The van der Waals surface area contributed by atoms with Gasteiger partial charge in [0, 0.05) is 12.7 Å². The molecule has 1 aliphatic heterocycles. The summed E-state index contributed by atoms with van der Waals surface area (Å²) in [5.41, 5.74) is 1.07. The third-order valence-electron chi connectivity index (χ3n) is 2.61. The molecule has 1 atom stereocenters. The van der Waals surface area contributed by atoms with E-state index in [1.54, 1.807) is 6.20 Å². The Kier molecular flexibility index (Phi) is 2.85. The third-order valence-corrected chi connectivity index (χ3v) is 2.61. The van der Waals surface area contributed by atoms with Gasteiger partial charge in [-0.05, 0) is 31.4 Å². The van der Waals surface area contributed by atoms with Gasteiger partial charge < -0.3 is 10.6 Å². The van der Waals surface area contributed by atoms with E-state index in [0.29, 0.717) is 0 Å². The number of pyridine rings is 1. The first kappa shape index (κ1) is 9.96. The second-order valence-corrected chi connectivity index (χ2v) is 3.80. The number of amides is 1. The lowest BCUT2D eigenvalue weighted by atomic mass is 10.1. The van der Waals surface area contributed by atoms with E-state index < -0.39 is 0 Å². The molecule has 2 rings (SSSR count). The summed E-state index contributed by atoms with van der Waals surface area (Å²) >= 11 is 0. The maximum absolute atomic E-state index is 11.5. The summed E-state index contributed by atoms with van der Waals surface area (Å²) in [5.74, 6) is 0.880. The van der Waals surface area contributed by atoms with Gasteiger partial charge in [-0.1, -0.05) is 6.07 Å². The van der Waals surface area contributed by atoms with E-state index in [0.717, 1.165) is 30.8 Å². The van der Waals surface area contributed by atoms with Crippen LogP contribution in [0.2, 0.25) is 0 Å². The van der Waals surface area contributed by atoms with Crippen LogP contribution in [0.15, 0.2) is 18.3 Å². The molecule has 0 bridgehead atoms. The van der Waals surface area contributed by atoms with E-state index in [4.69, 9.17) is 0 Å². The number of anilines is 1. The van der Waals surface area contributed by atoms with Crippen LogP contribution in [0.5, 0.6) is 0 Å². The Labute approximate surface area is 89.1 Å². The molecule has 2 heterocycles. The van der Waals surface area contributed by atoms with Crippen molar-refractivity contribution in [2.24, 2.45) is 0 Å². The van der Waals surface area contributed by atoms with Crippen LogP contribution in [-0.4, -0.2) is 23.5 Å². The van der Waals surface area contributed by atoms with Gasteiger partial charge in [0.1, 0.15) is 11.9 Å². The van der Waals surface area contributed by atoms with Gasteiger partial charge >= 0.3 is 0 Å². The number of nitrogens with zero attached hydrogens (tertiary/aromatic N) is 1. The van der Waals surface area contributed by atoms with Gasteiger partial charge in [-0.3, -0.25) is 4.79 Å². The van der Waals surface area contributed by atoms with Crippen molar-refractivity contribution in [3.05, 3.63) is 23.9 Å². The predicted octanol–water partition coefficient (Wildman–Crippen LogP) is 1.08. The molecule has 0 saturated carbocycles. The molecule has 4 nitrogen and oxygen atoms in total. The zero-order valence-corrected chi connectivity index (χ0v) is 8.79. The van der Waals surface area contributed by atoms with Crippen LogP contribution in [0.25, 0.3) is 0 Å². The van der Waals surface area contributed by atoms with Crippen molar-refractivity contribution in [3.8, 4) is 0 Å². The molecule has 0 spiro atoms. The molecule has 1 aromatic heterocycles. The molecule has 0 aromatic carbocycles. The number of aryl methyl sites for hydroxylation is 1. The maximum atomic E-state index is 11.5. The van der Waals surface area contributed by atoms with Crippen molar-refractivity contribution in [2.75, 3.05) is 11.9 Å². The standard InChI is InChI=1S/C11H15N3O/c1-8-4-2-6-12-10(8)14-9-5-3-7-13-11(9)15/h2,4,6,9H,3,5,7H2,1H3,(H,12,14)(H,13,15). The van der Waals surface area contributed by atoms with Crippen molar-refractivity contribution in [1.29, 1.82) is 0 Å². The van der Waals surface area contributed by atoms with Crippen molar-refractivity contribution >= 4 is 11.7 Å². The van der Waals surface area contributed by atoms with E-state index in [1.807, 2.05) is 19.1 Å². The first-order chi connectivity index (χ1) is 7.27. The first-order valence-corrected chi connectivity index (χ1v) is 5.23. The summed E-state index contributed by atoms with van der Waals surface area (Å²) in [6.07, 6.45) is 3.63. The average molecular weight is 205 g/mol. The Balaban J connectivity index is 2.08. The van der Waals surface area contributed by atoms with Gasteiger partial charge in [0.2, 0.25) is 5.91 Å². The van der Waals surface area contributed by atoms with Crippen LogP contribution in [0.1, 0.15) is 18.4 Å². The van der Waals surface area contributed by atoms with Crippen LogP contribution in [0, 0.1) is 6.92 Å². The summed E-state index contributed by atoms with van der Waals surface area (Å²) in [6.45, 7) is 2.77. The number of carbonyl (C=O) groups excluding carboxylic acids is 1. The lowest BCUT2D eigenvalue weighted by Gasteiger charge is -2.23. The van der Waals surface area contributed by atoms with Crippen LogP contribution < -0.4 is 10.6 Å². The van der Waals surface area contributed by atoms with E-state index >= 15 is 0 Å². The largest absolute Gasteiger partial charge is 0.358 e. The molecule has 1 aromatic rings.